The van der Waals surface area contributed by atoms with Crippen LogP contribution in [0, 0.1) is 0 Å². The van der Waals surface area contributed by atoms with E-state index < -0.39 is 0 Å². The minimum atomic E-state index is -0.0576. The van der Waals surface area contributed by atoms with Crippen LogP contribution in [0.4, 0.5) is 0 Å². The molecule has 0 unspecified atom stereocenters. The van der Waals surface area contributed by atoms with E-state index in [1.807, 2.05) is 77.9 Å². The van der Waals surface area contributed by atoms with E-state index in [-0.39, 0.29) is 42.3 Å². The van der Waals surface area contributed by atoms with E-state index >= 15 is 0 Å². The molecule has 0 amide bonds. The van der Waals surface area contributed by atoms with E-state index in [2.05, 4.69) is 0 Å². The van der Waals surface area contributed by atoms with Gasteiger partial charge in [-0.25, -0.2) is 0 Å². The van der Waals surface area contributed by atoms with Crippen molar-refractivity contribution in [3.8, 4) is 57.5 Å². The first-order chi connectivity index (χ1) is 27.6. The molecular formula is C47H54O10. The van der Waals surface area contributed by atoms with E-state index in [1.54, 1.807) is 0 Å². The summed E-state index contributed by atoms with van der Waals surface area (Å²) in [5, 5.41) is 45.1. The predicted octanol–water partition coefficient (Wildman–Crippen LogP) is 9.17. The minimum Gasteiger partial charge on any atom is -0.508 e. The highest BCUT2D eigenvalue weighted by atomic mass is 16.5. The van der Waals surface area contributed by atoms with Crippen LogP contribution >= 0.6 is 0 Å². The van der Waals surface area contributed by atoms with Gasteiger partial charge < -0.3 is 48.8 Å². The second kappa shape index (κ2) is 18.4. The molecule has 0 fully saturated rings. The van der Waals surface area contributed by atoms with Crippen LogP contribution in [0.5, 0.6) is 57.5 Å². The Hall–Kier alpha value is -5.90. The van der Waals surface area contributed by atoms with Gasteiger partial charge in [-0.15, -0.1) is 0 Å². The summed E-state index contributed by atoms with van der Waals surface area (Å²) in [6.07, 6.45) is 1.47. The molecule has 0 saturated carbocycles. The van der Waals surface area contributed by atoms with Crippen molar-refractivity contribution in [2.75, 3.05) is 39.6 Å². The van der Waals surface area contributed by atoms with Crippen molar-refractivity contribution in [3.63, 3.8) is 0 Å². The van der Waals surface area contributed by atoms with Crippen molar-refractivity contribution in [2.24, 2.45) is 0 Å². The number of benzene rings is 5. The molecule has 57 heavy (non-hydrogen) atoms. The molecule has 4 N–H and O–H groups in total. The van der Waals surface area contributed by atoms with E-state index in [1.165, 1.54) is 24.3 Å². The summed E-state index contributed by atoms with van der Waals surface area (Å²) in [4.78, 5) is 0. The fourth-order valence-electron chi connectivity index (χ4n) is 7.42. The normalized spacial score (nSPS) is 12.4. The Morgan fingerprint density at radius 3 is 0.614 bits per heavy atom. The number of hydrogen-bond donors (Lipinski definition) is 4. The zero-order chi connectivity index (χ0) is 40.6. The van der Waals surface area contributed by atoms with Gasteiger partial charge in [-0.3, -0.25) is 0 Å². The minimum absolute atomic E-state index is 0.0277. The summed E-state index contributed by atoms with van der Waals surface area (Å²) >= 11 is 0. The monoisotopic (exact) mass is 778 g/mol. The van der Waals surface area contributed by atoms with E-state index in [4.69, 9.17) is 28.4 Å². The molecule has 15 rings (SSSR count). The average Bonchev–Trinajstić information content (AvgIpc) is 3.17. The highest BCUT2D eigenvalue weighted by Gasteiger charge is 2.23. The number of hydrogen-bond acceptors (Lipinski definition) is 10. The lowest BCUT2D eigenvalue weighted by atomic mass is 9.94. The Balaban J connectivity index is 1.60. The summed E-state index contributed by atoms with van der Waals surface area (Å²) < 4.78 is 37.5. The molecule has 10 nitrogen and oxygen atoms in total. The van der Waals surface area contributed by atoms with Gasteiger partial charge in [0.2, 0.25) is 0 Å². The third-order valence-corrected chi connectivity index (χ3v) is 9.99. The maximum atomic E-state index is 11.3. The standard InChI is InChI=1S/C47H54O10/c1-7-52-42-24-34-16-36-26-47(57-12-6)37(27-46(36)56-11-5)17-35-25-43(53-8-2)33(23-45(35)55-10-4)15-31-21-39(49)29(19-41(31)51)13-28-18-40(50)30(20-38(28)48)14-32(42)22-44(34)54-9-3/h18-27,48-51H,7-17H2,1-6H3. The first-order valence-electron chi connectivity index (χ1n) is 19.9. The van der Waals surface area contributed by atoms with Crippen molar-refractivity contribution in [1.82, 2.24) is 0 Å². The van der Waals surface area contributed by atoms with Crippen LogP contribution in [0.2, 0.25) is 0 Å². The van der Waals surface area contributed by atoms with E-state index in [0.717, 1.165) is 33.4 Å². The Kier molecular flexibility index (Phi) is 13.1. The first kappa shape index (κ1) is 40.8. The van der Waals surface area contributed by atoms with Gasteiger partial charge in [0.1, 0.15) is 57.5 Å². The van der Waals surface area contributed by atoms with Crippen LogP contribution in [0.25, 0.3) is 0 Å². The maximum absolute atomic E-state index is 11.3. The molecule has 5 aromatic carbocycles. The Bertz CT molecular complexity index is 2050. The fourth-order valence-corrected chi connectivity index (χ4v) is 7.42. The lowest BCUT2D eigenvalue weighted by molar-refractivity contribution is 0.320. The Labute approximate surface area is 335 Å². The van der Waals surface area contributed by atoms with Crippen molar-refractivity contribution in [1.29, 1.82) is 0 Å². The number of phenolic OH excluding ortho intramolecular Hbond substituents is 4. The number of ether oxygens (including phenoxy) is 6. The molecule has 0 aromatic heterocycles. The summed E-state index contributed by atoms with van der Waals surface area (Å²) in [5.74, 6) is 3.83. The highest BCUT2D eigenvalue weighted by molar-refractivity contribution is 5.59. The molecule has 302 valence electrons. The smallest absolute Gasteiger partial charge is 0.123 e. The Morgan fingerprint density at radius 1 is 0.281 bits per heavy atom. The van der Waals surface area contributed by atoms with Gasteiger partial charge in [-0.05, 0) is 102 Å². The fraction of sp³-hybridized carbons (Fsp3) is 0.362. The van der Waals surface area contributed by atoms with Crippen LogP contribution in [0.3, 0.4) is 0 Å². The van der Waals surface area contributed by atoms with Crippen molar-refractivity contribution in [3.05, 3.63) is 116 Å². The van der Waals surface area contributed by atoms with Crippen LogP contribution in [0.15, 0.2) is 60.7 Å². The molecule has 0 heterocycles. The molecule has 0 atom stereocenters. The van der Waals surface area contributed by atoms with Gasteiger partial charge in [0.05, 0.1) is 39.6 Å². The number of aromatic hydroxyl groups is 4. The zero-order valence-electron chi connectivity index (χ0n) is 33.8. The summed E-state index contributed by atoms with van der Waals surface area (Å²) in [6, 6.07) is 17.9. The molecule has 0 aliphatic heterocycles. The van der Waals surface area contributed by atoms with Gasteiger partial charge in [0.25, 0.3) is 0 Å². The summed E-state index contributed by atoms with van der Waals surface area (Å²) in [7, 11) is 0. The number of rotatable bonds is 12. The van der Waals surface area contributed by atoms with Gasteiger partial charge in [-0.1, -0.05) is 0 Å². The molecule has 5 aromatic rings. The van der Waals surface area contributed by atoms with Gasteiger partial charge in [0, 0.05) is 87.7 Å². The molecule has 0 radical (unpaired) electrons. The highest BCUT2D eigenvalue weighted by Crippen LogP contribution is 2.42. The summed E-state index contributed by atoms with van der Waals surface area (Å²) in [5.41, 5.74) is 6.88. The van der Waals surface area contributed by atoms with Crippen LogP contribution in [-0.4, -0.2) is 60.1 Å². The molecular weight excluding hydrogens is 725 g/mol. The van der Waals surface area contributed by atoms with Crippen molar-refractivity contribution in [2.45, 2.75) is 73.6 Å². The third-order valence-electron chi connectivity index (χ3n) is 9.99. The van der Waals surface area contributed by atoms with Crippen molar-refractivity contribution < 1.29 is 48.8 Å². The maximum Gasteiger partial charge on any atom is 0.123 e. The average molecular weight is 779 g/mol. The van der Waals surface area contributed by atoms with Crippen LogP contribution in [-0.2, 0) is 32.1 Å². The molecule has 0 spiro atoms. The van der Waals surface area contributed by atoms with E-state index in [0.29, 0.717) is 109 Å². The zero-order valence-corrected chi connectivity index (χ0v) is 33.8. The van der Waals surface area contributed by atoms with Gasteiger partial charge in [-0.2, -0.15) is 0 Å². The SMILES string of the molecule is CCOc1cc2c(OCC)cc1Cc1cc(O)c(cc1O)Cc1cc(O)c(cc1O)Cc1cc(OCC)c(cc1OCC)Cc1cc(OCC)c(cc1OCC)C2. The second-order valence-electron chi connectivity index (χ2n) is 13.9. The number of phenols is 4. The Morgan fingerprint density at radius 2 is 0.439 bits per heavy atom. The predicted molar refractivity (Wildman–Crippen MR) is 220 cm³/mol. The molecule has 0 saturated heterocycles. The molecule has 10 aliphatic carbocycles. The molecule has 10 bridgehead atoms. The van der Waals surface area contributed by atoms with Crippen LogP contribution in [0.1, 0.15) is 97.2 Å². The van der Waals surface area contributed by atoms with Gasteiger partial charge in [0.15, 0.2) is 0 Å². The lowest BCUT2D eigenvalue weighted by Gasteiger charge is -2.21. The lowest BCUT2D eigenvalue weighted by Crippen LogP contribution is -2.07. The first-order valence-corrected chi connectivity index (χ1v) is 19.9. The second-order valence-corrected chi connectivity index (χ2v) is 13.9. The van der Waals surface area contributed by atoms with Gasteiger partial charge >= 0.3 is 0 Å². The molecule has 10 aliphatic rings. The van der Waals surface area contributed by atoms with E-state index in [9.17, 15) is 20.4 Å². The quantitative estimate of drug-likeness (QED) is 0.0891. The third kappa shape index (κ3) is 9.22. The van der Waals surface area contributed by atoms with Crippen molar-refractivity contribution >= 4 is 0 Å². The largest absolute Gasteiger partial charge is 0.508 e. The molecule has 10 heteroatoms. The summed E-state index contributed by atoms with van der Waals surface area (Å²) in [6.45, 7) is 14.2. The topological polar surface area (TPSA) is 136 Å². The van der Waals surface area contributed by atoms with Crippen LogP contribution < -0.4 is 28.4 Å².